The zero-order valence-corrected chi connectivity index (χ0v) is 15.3. The van der Waals surface area contributed by atoms with Crippen LogP contribution in [-0.2, 0) is 9.63 Å². The van der Waals surface area contributed by atoms with Gasteiger partial charge in [0.2, 0.25) is 0 Å². The zero-order valence-electron chi connectivity index (χ0n) is 15.3. The highest BCUT2D eigenvalue weighted by atomic mass is 16.6. The summed E-state index contributed by atoms with van der Waals surface area (Å²) in [7, 11) is 0. The summed E-state index contributed by atoms with van der Waals surface area (Å²) < 4.78 is 0. The number of aliphatic hydroxyl groups is 1. The average Bonchev–Trinajstić information content (AvgIpc) is 2.54. The highest BCUT2D eigenvalue weighted by Gasteiger charge is 2.43. The molecule has 0 bridgehead atoms. The molecule has 0 spiro atoms. The lowest BCUT2D eigenvalue weighted by atomic mass is 9.65. The van der Waals surface area contributed by atoms with E-state index in [4.69, 9.17) is 4.84 Å². The Morgan fingerprint density at radius 3 is 2.68 bits per heavy atom. The first-order chi connectivity index (χ1) is 11.9. The van der Waals surface area contributed by atoms with Crippen LogP contribution in [0.5, 0.6) is 0 Å². The standard InChI is InChI=1S/C21H27NO3/c1-5-10-16(22-25-13-6-2)18-17(23)14-21(3,4)19(20(18)24)15-11-8-7-9-12-15/h6-9,11-12,19,24H,2,5,10,13-14H2,1,3-4H3. The Labute approximate surface area is 149 Å². The number of carbonyl (C=O) groups excluding carboxylic acids is 1. The quantitative estimate of drug-likeness (QED) is 0.331. The molecule has 1 aliphatic rings. The fourth-order valence-corrected chi connectivity index (χ4v) is 3.45. The molecule has 1 aliphatic carbocycles. The number of allylic oxidation sites excluding steroid dienone is 2. The van der Waals surface area contributed by atoms with Crippen molar-refractivity contribution in [2.75, 3.05) is 6.61 Å². The fraction of sp³-hybridized carbons (Fsp3) is 0.429. The number of aliphatic hydroxyl groups excluding tert-OH is 1. The molecular formula is C21H27NO3. The van der Waals surface area contributed by atoms with Gasteiger partial charge in [-0.05, 0) is 17.4 Å². The lowest BCUT2D eigenvalue weighted by Crippen LogP contribution is -2.36. The number of nitrogens with zero attached hydrogens (tertiary/aromatic N) is 1. The van der Waals surface area contributed by atoms with Crippen molar-refractivity contribution < 1.29 is 14.7 Å². The van der Waals surface area contributed by atoms with Gasteiger partial charge in [-0.1, -0.05) is 75.3 Å². The van der Waals surface area contributed by atoms with E-state index in [0.29, 0.717) is 24.1 Å². The third-order valence-electron chi connectivity index (χ3n) is 4.48. The second kappa shape index (κ2) is 8.15. The predicted molar refractivity (Wildman–Crippen MR) is 101 cm³/mol. The molecule has 1 aromatic rings. The number of benzene rings is 1. The molecule has 0 heterocycles. The van der Waals surface area contributed by atoms with Gasteiger partial charge in [-0.15, -0.1) is 0 Å². The Bertz CT molecular complexity index is 686. The minimum atomic E-state index is -0.370. The normalized spacial score (nSPS) is 20.5. The molecule has 1 unspecified atom stereocenters. The Hall–Kier alpha value is -2.36. The van der Waals surface area contributed by atoms with E-state index in [0.717, 1.165) is 12.0 Å². The number of rotatable bonds is 7. The summed E-state index contributed by atoms with van der Waals surface area (Å²) in [4.78, 5) is 18.0. The molecule has 0 aromatic heterocycles. The highest BCUT2D eigenvalue weighted by Crippen LogP contribution is 2.47. The van der Waals surface area contributed by atoms with Crippen LogP contribution >= 0.6 is 0 Å². The Balaban J connectivity index is 2.54. The first-order valence-electron chi connectivity index (χ1n) is 8.73. The van der Waals surface area contributed by atoms with Crippen molar-refractivity contribution in [2.45, 2.75) is 46.0 Å². The van der Waals surface area contributed by atoms with Gasteiger partial charge >= 0.3 is 0 Å². The van der Waals surface area contributed by atoms with Gasteiger partial charge in [0.1, 0.15) is 12.4 Å². The molecule has 0 saturated heterocycles. The smallest absolute Gasteiger partial charge is 0.168 e. The highest BCUT2D eigenvalue weighted by molar-refractivity contribution is 6.23. The van der Waals surface area contributed by atoms with E-state index >= 15 is 0 Å². The Morgan fingerprint density at radius 2 is 2.08 bits per heavy atom. The number of oxime groups is 1. The van der Waals surface area contributed by atoms with Crippen molar-refractivity contribution in [3.8, 4) is 0 Å². The van der Waals surface area contributed by atoms with Gasteiger partial charge < -0.3 is 9.94 Å². The van der Waals surface area contributed by atoms with Crippen molar-refractivity contribution in [3.63, 3.8) is 0 Å². The zero-order chi connectivity index (χ0) is 18.4. The fourth-order valence-electron chi connectivity index (χ4n) is 3.45. The third-order valence-corrected chi connectivity index (χ3v) is 4.48. The topological polar surface area (TPSA) is 58.9 Å². The largest absolute Gasteiger partial charge is 0.511 e. The van der Waals surface area contributed by atoms with Gasteiger partial charge in [0.25, 0.3) is 0 Å². The van der Waals surface area contributed by atoms with Crippen LogP contribution in [0.15, 0.2) is 59.5 Å². The minimum Gasteiger partial charge on any atom is -0.511 e. The maximum absolute atomic E-state index is 12.8. The van der Waals surface area contributed by atoms with E-state index in [9.17, 15) is 9.90 Å². The van der Waals surface area contributed by atoms with Gasteiger partial charge in [0.05, 0.1) is 11.3 Å². The van der Waals surface area contributed by atoms with Crippen LogP contribution in [0, 0.1) is 5.41 Å². The molecule has 2 rings (SSSR count). The van der Waals surface area contributed by atoms with E-state index in [-0.39, 0.29) is 29.5 Å². The average molecular weight is 341 g/mol. The van der Waals surface area contributed by atoms with Crippen LogP contribution in [0.4, 0.5) is 0 Å². The van der Waals surface area contributed by atoms with Gasteiger partial charge in [0, 0.05) is 12.3 Å². The van der Waals surface area contributed by atoms with E-state index in [2.05, 4.69) is 11.7 Å². The van der Waals surface area contributed by atoms with Crippen molar-refractivity contribution in [1.29, 1.82) is 0 Å². The van der Waals surface area contributed by atoms with Crippen molar-refractivity contribution in [3.05, 3.63) is 59.9 Å². The van der Waals surface area contributed by atoms with Gasteiger partial charge in [-0.25, -0.2) is 0 Å². The van der Waals surface area contributed by atoms with E-state index in [1.54, 1.807) is 6.08 Å². The van der Waals surface area contributed by atoms with E-state index < -0.39 is 0 Å². The summed E-state index contributed by atoms with van der Waals surface area (Å²) in [6, 6.07) is 9.81. The first kappa shape index (κ1) is 19.0. The summed E-state index contributed by atoms with van der Waals surface area (Å²) in [5.41, 5.74) is 1.46. The number of hydrogen-bond acceptors (Lipinski definition) is 4. The van der Waals surface area contributed by atoms with E-state index in [1.807, 2.05) is 51.1 Å². The minimum absolute atomic E-state index is 0.0796. The molecule has 0 saturated carbocycles. The van der Waals surface area contributed by atoms with Gasteiger partial charge in [-0.2, -0.15) is 0 Å². The molecule has 25 heavy (non-hydrogen) atoms. The van der Waals surface area contributed by atoms with Crippen LogP contribution in [0.2, 0.25) is 0 Å². The molecule has 0 fully saturated rings. The maximum Gasteiger partial charge on any atom is 0.168 e. The van der Waals surface area contributed by atoms with E-state index in [1.165, 1.54) is 0 Å². The van der Waals surface area contributed by atoms with Crippen LogP contribution in [-0.4, -0.2) is 23.2 Å². The second-order valence-corrected chi connectivity index (χ2v) is 7.06. The lowest BCUT2D eigenvalue weighted by molar-refractivity contribution is -0.118. The number of carbonyl (C=O) groups is 1. The molecule has 0 aliphatic heterocycles. The maximum atomic E-state index is 12.8. The summed E-state index contributed by atoms with van der Waals surface area (Å²) in [6.07, 6.45) is 3.33. The summed E-state index contributed by atoms with van der Waals surface area (Å²) in [5.74, 6) is -0.228. The molecule has 1 atom stereocenters. The van der Waals surface area contributed by atoms with Crippen molar-refractivity contribution in [2.24, 2.45) is 10.6 Å². The first-order valence-corrected chi connectivity index (χ1v) is 8.73. The third kappa shape index (κ3) is 4.19. The molecular weight excluding hydrogens is 314 g/mol. The Morgan fingerprint density at radius 1 is 1.40 bits per heavy atom. The van der Waals surface area contributed by atoms with Crippen LogP contribution in [0.3, 0.4) is 0 Å². The molecule has 4 nitrogen and oxygen atoms in total. The number of hydrogen-bond donors (Lipinski definition) is 1. The Kier molecular flexibility index (Phi) is 6.18. The van der Waals surface area contributed by atoms with Crippen LogP contribution in [0.1, 0.15) is 51.5 Å². The SMILES string of the molecule is C=CCON=C(CCC)C1=C(O)C(c2ccccc2)C(C)(C)CC1=O. The van der Waals surface area contributed by atoms with Gasteiger partial charge in [-0.3, -0.25) is 4.79 Å². The van der Waals surface area contributed by atoms with Crippen LogP contribution in [0.25, 0.3) is 0 Å². The molecule has 4 heteroatoms. The number of ketones is 1. The molecule has 0 amide bonds. The monoisotopic (exact) mass is 341 g/mol. The summed E-state index contributed by atoms with van der Waals surface area (Å²) in [5, 5.41) is 15.2. The van der Waals surface area contributed by atoms with Crippen molar-refractivity contribution >= 4 is 11.5 Å². The number of Topliss-reactive ketones (excluding diaryl/α,β-unsaturated/α-hetero) is 1. The predicted octanol–water partition coefficient (Wildman–Crippen LogP) is 4.94. The summed E-state index contributed by atoms with van der Waals surface area (Å²) >= 11 is 0. The van der Waals surface area contributed by atoms with Crippen molar-refractivity contribution in [1.82, 2.24) is 0 Å². The molecule has 134 valence electrons. The van der Waals surface area contributed by atoms with Gasteiger partial charge in [0.15, 0.2) is 5.78 Å². The van der Waals surface area contributed by atoms with Crippen LogP contribution < -0.4 is 0 Å². The molecule has 1 aromatic carbocycles. The molecule has 1 N–H and O–H groups in total. The lowest BCUT2D eigenvalue weighted by Gasteiger charge is -2.38. The second-order valence-electron chi connectivity index (χ2n) is 7.06. The molecule has 0 radical (unpaired) electrons. The summed E-state index contributed by atoms with van der Waals surface area (Å²) in [6.45, 7) is 9.90.